The number of imide groups is 1. The van der Waals surface area contributed by atoms with E-state index in [0.717, 1.165) is 22.8 Å². The fourth-order valence-corrected chi connectivity index (χ4v) is 3.55. The van der Waals surface area contributed by atoms with Crippen LogP contribution >= 0.6 is 0 Å². The molecule has 8 nitrogen and oxygen atoms in total. The molecule has 1 saturated heterocycles. The number of carbonyl (C=O) groups excluding carboxylic acids is 2. The predicted molar refractivity (Wildman–Crippen MR) is 98.5 cm³/mol. The number of carbonyl (C=O) groups is 2. The van der Waals surface area contributed by atoms with Gasteiger partial charge in [0.25, 0.3) is 5.91 Å². The second-order valence-electron chi connectivity index (χ2n) is 6.79. The van der Waals surface area contributed by atoms with Gasteiger partial charge in [-0.3, -0.25) is 9.69 Å². The molecule has 8 heteroatoms. The summed E-state index contributed by atoms with van der Waals surface area (Å²) in [4.78, 5) is 27.0. The zero-order valence-corrected chi connectivity index (χ0v) is 15.2. The van der Waals surface area contributed by atoms with Crippen molar-refractivity contribution < 1.29 is 9.59 Å². The van der Waals surface area contributed by atoms with E-state index in [9.17, 15) is 9.59 Å². The lowest BCUT2D eigenvalue weighted by Gasteiger charge is -2.24. The number of rotatable bonds is 5. The normalized spacial score (nSPS) is 19.7. The molecule has 1 aromatic heterocycles. The predicted octanol–water partition coefficient (Wildman–Crippen LogP) is 2.20. The van der Waals surface area contributed by atoms with Crippen LogP contribution < -0.4 is 5.32 Å². The molecule has 0 spiro atoms. The molecule has 0 radical (unpaired) electrons. The summed E-state index contributed by atoms with van der Waals surface area (Å²) < 4.78 is 1.62. The quantitative estimate of drug-likeness (QED) is 0.701. The van der Waals surface area contributed by atoms with Gasteiger partial charge in [0.15, 0.2) is 5.82 Å². The SMILES string of the molecule is CCCn1nnnc1CN1C(=O)NC(C)(c2cccc3ccccc23)C1=O. The second-order valence-corrected chi connectivity index (χ2v) is 6.79. The Labute approximate surface area is 156 Å². The maximum absolute atomic E-state index is 13.2. The van der Waals surface area contributed by atoms with E-state index in [0.29, 0.717) is 12.4 Å². The Kier molecular flexibility index (Phi) is 4.10. The van der Waals surface area contributed by atoms with E-state index in [4.69, 9.17) is 0 Å². The number of aryl methyl sites for hydroxylation is 1. The first-order valence-electron chi connectivity index (χ1n) is 8.92. The molecule has 138 valence electrons. The summed E-state index contributed by atoms with van der Waals surface area (Å²) in [5, 5.41) is 16.4. The Morgan fingerprint density at radius 1 is 1.11 bits per heavy atom. The fraction of sp³-hybridized carbons (Fsp3) is 0.316. The summed E-state index contributed by atoms with van der Waals surface area (Å²) in [6.07, 6.45) is 0.853. The third-order valence-electron chi connectivity index (χ3n) is 4.94. The van der Waals surface area contributed by atoms with Crippen LogP contribution in [0, 0.1) is 0 Å². The fourth-order valence-electron chi connectivity index (χ4n) is 3.55. The van der Waals surface area contributed by atoms with Gasteiger partial charge in [0.1, 0.15) is 5.54 Å². The van der Waals surface area contributed by atoms with E-state index in [1.165, 1.54) is 4.90 Å². The van der Waals surface area contributed by atoms with Crippen LogP contribution in [-0.2, 0) is 23.4 Å². The molecule has 4 rings (SSSR count). The zero-order chi connectivity index (χ0) is 19.0. The molecular formula is C19H20N6O2. The topological polar surface area (TPSA) is 93.0 Å². The van der Waals surface area contributed by atoms with Crippen LogP contribution in [0.3, 0.4) is 0 Å². The molecule has 2 aromatic carbocycles. The number of hydrogen-bond donors (Lipinski definition) is 1. The van der Waals surface area contributed by atoms with E-state index in [1.807, 2.05) is 49.4 Å². The number of aromatic nitrogens is 4. The van der Waals surface area contributed by atoms with Crippen LogP contribution in [0.2, 0.25) is 0 Å². The van der Waals surface area contributed by atoms with Crippen LogP contribution in [-0.4, -0.2) is 37.0 Å². The molecule has 2 heterocycles. The molecule has 27 heavy (non-hydrogen) atoms. The van der Waals surface area contributed by atoms with Gasteiger partial charge in [0, 0.05) is 6.54 Å². The summed E-state index contributed by atoms with van der Waals surface area (Å²) in [5.41, 5.74) is -0.365. The van der Waals surface area contributed by atoms with E-state index >= 15 is 0 Å². The molecule has 1 atom stereocenters. The van der Waals surface area contributed by atoms with Crippen LogP contribution in [0.25, 0.3) is 10.8 Å². The number of fused-ring (bicyclic) bond motifs is 1. The lowest BCUT2D eigenvalue weighted by atomic mass is 9.88. The average Bonchev–Trinajstić information content (AvgIpc) is 3.20. The number of hydrogen-bond acceptors (Lipinski definition) is 5. The number of tetrazole rings is 1. The molecule has 3 aromatic rings. The maximum atomic E-state index is 13.2. The van der Waals surface area contributed by atoms with E-state index in [2.05, 4.69) is 20.8 Å². The number of nitrogens with one attached hydrogen (secondary N) is 1. The van der Waals surface area contributed by atoms with Crippen molar-refractivity contribution in [2.24, 2.45) is 0 Å². The Balaban J connectivity index is 1.70. The average molecular weight is 364 g/mol. The smallest absolute Gasteiger partial charge is 0.319 e. The van der Waals surface area contributed by atoms with Gasteiger partial charge in [0.2, 0.25) is 0 Å². The standard InChI is InChI=1S/C19H20N6O2/c1-3-11-25-16(21-22-23-25)12-24-17(26)19(2,20-18(24)27)15-10-6-8-13-7-4-5-9-14(13)15/h4-10H,3,11-12H2,1-2H3,(H,20,27). The van der Waals surface area contributed by atoms with Gasteiger partial charge in [-0.1, -0.05) is 49.4 Å². The number of nitrogens with zero attached hydrogens (tertiary/aromatic N) is 5. The summed E-state index contributed by atoms with van der Waals surface area (Å²) in [6, 6.07) is 13.1. The van der Waals surface area contributed by atoms with Gasteiger partial charge in [-0.25, -0.2) is 9.48 Å². The highest BCUT2D eigenvalue weighted by molar-refractivity contribution is 6.09. The van der Waals surface area contributed by atoms with Crippen molar-refractivity contribution in [1.29, 1.82) is 0 Å². The van der Waals surface area contributed by atoms with Crippen LogP contribution in [0.1, 0.15) is 31.7 Å². The molecule has 1 unspecified atom stereocenters. The van der Waals surface area contributed by atoms with Gasteiger partial charge in [-0.05, 0) is 40.1 Å². The van der Waals surface area contributed by atoms with Crippen molar-refractivity contribution >= 4 is 22.7 Å². The minimum atomic E-state index is -1.14. The molecular weight excluding hydrogens is 344 g/mol. The second kappa shape index (κ2) is 6.46. The maximum Gasteiger partial charge on any atom is 0.325 e. The summed E-state index contributed by atoms with van der Waals surface area (Å²) in [7, 11) is 0. The van der Waals surface area contributed by atoms with Gasteiger partial charge >= 0.3 is 6.03 Å². The first-order chi connectivity index (χ1) is 13.0. The van der Waals surface area contributed by atoms with Crippen molar-refractivity contribution in [1.82, 2.24) is 30.4 Å². The lowest BCUT2D eigenvalue weighted by molar-refractivity contribution is -0.131. The third kappa shape index (κ3) is 2.73. The molecule has 3 amide bonds. The molecule has 1 N–H and O–H groups in total. The minimum Gasteiger partial charge on any atom is -0.319 e. The monoisotopic (exact) mass is 364 g/mol. The van der Waals surface area contributed by atoms with E-state index < -0.39 is 11.6 Å². The van der Waals surface area contributed by atoms with Gasteiger partial charge < -0.3 is 5.32 Å². The van der Waals surface area contributed by atoms with Crippen LogP contribution in [0.4, 0.5) is 4.79 Å². The molecule has 0 saturated carbocycles. The number of amides is 3. The first-order valence-corrected chi connectivity index (χ1v) is 8.92. The largest absolute Gasteiger partial charge is 0.325 e. The summed E-state index contributed by atoms with van der Waals surface area (Å²) in [5.74, 6) is 0.178. The highest BCUT2D eigenvalue weighted by Gasteiger charge is 2.49. The molecule has 1 aliphatic heterocycles. The van der Waals surface area contributed by atoms with Gasteiger partial charge in [0.05, 0.1) is 6.54 Å². The molecule has 0 bridgehead atoms. The van der Waals surface area contributed by atoms with Crippen molar-refractivity contribution in [2.75, 3.05) is 0 Å². The lowest BCUT2D eigenvalue weighted by Crippen LogP contribution is -2.41. The van der Waals surface area contributed by atoms with Crippen LogP contribution in [0.15, 0.2) is 42.5 Å². The zero-order valence-electron chi connectivity index (χ0n) is 15.2. The highest BCUT2D eigenvalue weighted by Crippen LogP contribution is 2.34. The summed E-state index contributed by atoms with van der Waals surface area (Å²) >= 11 is 0. The van der Waals surface area contributed by atoms with Crippen molar-refractivity contribution in [2.45, 2.75) is 38.9 Å². The summed E-state index contributed by atoms with van der Waals surface area (Å²) in [6.45, 7) is 4.42. The number of benzene rings is 2. The van der Waals surface area contributed by atoms with E-state index in [-0.39, 0.29) is 12.5 Å². The Morgan fingerprint density at radius 3 is 2.70 bits per heavy atom. The number of urea groups is 1. The van der Waals surface area contributed by atoms with E-state index in [1.54, 1.807) is 11.6 Å². The van der Waals surface area contributed by atoms with Crippen molar-refractivity contribution in [3.05, 3.63) is 53.9 Å². The third-order valence-corrected chi connectivity index (χ3v) is 4.94. The first kappa shape index (κ1) is 17.1. The van der Waals surface area contributed by atoms with Crippen molar-refractivity contribution in [3.63, 3.8) is 0 Å². The molecule has 0 aliphatic carbocycles. The molecule has 1 aliphatic rings. The molecule has 1 fully saturated rings. The van der Waals surface area contributed by atoms with Gasteiger partial charge in [-0.15, -0.1) is 5.10 Å². The van der Waals surface area contributed by atoms with Crippen molar-refractivity contribution in [3.8, 4) is 0 Å². The Hall–Kier alpha value is -3.29. The Bertz CT molecular complexity index is 1020. The Morgan fingerprint density at radius 2 is 1.89 bits per heavy atom. The highest BCUT2D eigenvalue weighted by atomic mass is 16.2. The minimum absolute atomic E-state index is 0.0397. The van der Waals surface area contributed by atoms with Crippen LogP contribution in [0.5, 0.6) is 0 Å². The van der Waals surface area contributed by atoms with Gasteiger partial charge in [-0.2, -0.15) is 0 Å².